The molecule has 1 saturated heterocycles. The number of carboxylic acid groups (broad SMARTS) is 1. The summed E-state index contributed by atoms with van der Waals surface area (Å²) in [6, 6.07) is 0. The summed E-state index contributed by atoms with van der Waals surface area (Å²) in [5.74, 6) is -2.77. The molecule has 218 valence electrons. The van der Waals surface area contributed by atoms with Gasteiger partial charge in [-0.2, -0.15) is 0 Å². The lowest BCUT2D eigenvalue weighted by Crippen LogP contribution is -2.71. The van der Waals surface area contributed by atoms with E-state index in [0.29, 0.717) is 30.4 Å². The summed E-state index contributed by atoms with van der Waals surface area (Å²) in [6.45, 7) is 7.36. The minimum absolute atomic E-state index is 0.0520. The smallest absolute Gasteiger partial charge is 0.341 e. The van der Waals surface area contributed by atoms with Crippen LogP contribution in [0.4, 0.5) is 0 Å². The van der Waals surface area contributed by atoms with Crippen molar-refractivity contribution in [2.45, 2.75) is 90.4 Å². The van der Waals surface area contributed by atoms with Gasteiger partial charge in [-0.05, 0) is 98.4 Å². The second kappa shape index (κ2) is 7.97. The number of Topliss-reactive ketones (excluding diaryl/α,β-unsaturated/α-hetero) is 1. The monoisotopic (exact) mass is 556 g/mol. The van der Waals surface area contributed by atoms with Crippen molar-refractivity contribution in [3.63, 3.8) is 0 Å². The zero-order chi connectivity index (χ0) is 28.7. The normalized spacial score (nSPS) is 55.4. The van der Waals surface area contributed by atoms with Crippen molar-refractivity contribution in [2.75, 3.05) is 0 Å². The number of carbonyl (C=O) groups excluding carboxylic acids is 3. The molecule has 0 amide bonds. The number of carbonyl (C=O) groups is 4. The minimum Gasteiger partial charge on any atom is -0.481 e. The van der Waals surface area contributed by atoms with Crippen LogP contribution in [0.5, 0.6) is 0 Å². The number of rotatable bonds is 3. The number of aliphatic carboxylic acids is 1. The van der Waals surface area contributed by atoms with E-state index >= 15 is 0 Å². The Morgan fingerprint density at radius 2 is 1.77 bits per heavy atom. The quantitative estimate of drug-likeness (QED) is 0.446. The molecule has 1 heterocycles. The average molecular weight is 557 g/mol. The highest BCUT2D eigenvalue weighted by atomic mass is 16.6. The Bertz CT molecular complexity index is 1260. The predicted octanol–water partition coefficient (Wildman–Crippen LogP) is 2.87. The Labute approximate surface area is 233 Å². The number of ketones is 1. The van der Waals surface area contributed by atoms with Crippen molar-refractivity contribution >= 4 is 23.7 Å². The number of hydrogen-bond acceptors (Lipinski definition) is 8. The van der Waals surface area contributed by atoms with Crippen molar-refractivity contribution in [3.8, 4) is 0 Å². The van der Waals surface area contributed by atoms with Crippen LogP contribution in [0.3, 0.4) is 0 Å². The molecule has 40 heavy (non-hydrogen) atoms. The van der Waals surface area contributed by atoms with Crippen LogP contribution in [0.2, 0.25) is 0 Å². The van der Waals surface area contributed by atoms with Crippen LogP contribution in [-0.2, 0) is 28.7 Å². The molecular formula is C31H40O9. The second-order valence-corrected chi connectivity index (χ2v) is 14.9. The molecule has 1 aliphatic heterocycles. The van der Waals surface area contributed by atoms with E-state index in [9.17, 15) is 34.5 Å². The number of carboxylic acids is 1. The first-order valence-electron chi connectivity index (χ1n) is 14.9. The third-order valence-electron chi connectivity index (χ3n) is 13.4. The standard InChI is InChI=1S/C31H40O9/c1-13(32)39-24-22-17(29(3)11-15-7-16(15)12-31(29,38)25(24)35)5-6-28(2)18(22)10-19-23(28)14(9-21(33)34)8-20-30(19,4)26(36)27(37)40-20/h8,14-19,22-24,26,36,38H,5-7,9-12H2,1-4H3,(H,33,34)/t14?,15-,16+,17?,18?,19?,22?,23?,24?,26?,28?,29?,30?,31?/m1/s1. The number of esters is 2. The largest absolute Gasteiger partial charge is 0.481 e. The summed E-state index contributed by atoms with van der Waals surface area (Å²) in [7, 11) is 0. The maximum atomic E-state index is 14.3. The van der Waals surface area contributed by atoms with Crippen LogP contribution in [0, 0.1) is 63.6 Å². The molecule has 0 aromatic rings. The number of aliphatic hydroxyl groups excluding tert-OH is 1. The maximum Gasteiger partial charge on any atom is 0.341 e. The van der Waals surface area contributed by atoms with Crippen LogP contribution in [0.25, 0.3) is 0 Å². The number of allylic oxidation sites excluding steroid dienone is 1. The van der Waals surface area contributed by atoms with Gasteiger partial charge in [0.2, 0.25) is 5.78 Å². The van der Waals surface area contributed by atoms with E-state index in [1.807, 2.05) is 6.92 Å². The van der Waals surface area contributed by atoms with E-state index in [1.165, 1.54) is 6.92 Å². The number of fused-ring (bicyclic) bond motifs is 10. The van der Waals surface area contributed by atoms with Crippen LogP contribution < -0.4 is 0 Å². The van der Waals surface area contributed by atoms with Gasteiger partial charge in [0, 0.05) is 18.3 Å². The molecule has 0 bridgehead atoms. The van der Waals surface area contributed by atoms with Gasteiger partial charge in [-0.25, -0.2) is 4.79 Å². The van der Waals surface area contributed by atoms with E-state index in [4.69, 9.17) is 9.47 Å². The summed E-state index contributed by atoms with van der Waals surface area (Å²) in [5, 5.41) is 33.1. The Morgan fingerprint density at radius 1 is 1.07 bits per heavy atom. The molecule has 9 heteroatoms. The molecule has 6 fully saturated rings. The lowest BCUT2D eigenvalue weighted by molar-refractivity contribution is -0.230. The van der Waals surface area contributed by atoms with Crippen LogP contribution >= 0.6 is 0 Å². The molecule has 6 aliphatic carbocycles. The van der Waals surface area contributed by atoms with Crippen molar-refractivity contribution in [2.24, 2.45) is 63.6 Å². The van der Waals surface area contributed by atoms with Gasteiger partial charge < -0.3 is 24.8 Å². The van der Waals surface area contributed by atoms with Gasteiger partial charge in [0.1, 0.15) is 11.4 Å². The fourth-order valence-electron chi connectivity index (χ4n) is 11.5. The van der Waals surface area contributed by atoms with Gasteiger partial charge in [0.25, 0.3) is 0 Å². The average Bonchev–Trinajstić information content (AvgIpc) is 3.44. The van der Waals surface area contributed by atoms with Crippen molar-refractivity contribution in [1.82, 2.24) is 0 Å². The summed E-state index contributed by atoms with van der Waals surface area (Å²) in [4.78, 5) is 51.3. The zero-order valence-corrected chi connectivity index (χ0v) is 23.6. The lowest BCUT2D eigenvalue weighted by Gasteiger charge is -2.64. The Morgan fingerprint density at radius 3 is 2.45 bits per heavy atom. The SMILES string of the molecule is CC(=O)OC1C(=O)C2(O)C[C@@H]3C[C@@H]3CC2(C)C2CCC3(C)C(CC4C3C(CC(=O)O)C=C3OC(=O)C(O)C34C)C12. The zero-order valence-electron chi connectivity index (χ0n) is 23.6. The highest BCUT2D eigenvalue weighted by Crippen LogP contribution is 2.75. The summed E-state index contributed by atoms with van der Waals surface area (Å²) in [5.41, 5.74) is -3.61. The molecule has 7 rings (SSSR count). The predicted molar refractivity (Wildman–Crippen MR) is 138 cm³/mol. The molecule has 9 nitrogen and oxygen atoms in total. The first kappa shape index (κ1) is 26.6. The van der Waals surface area contributed by atoms with Crippen LogP contribution in [0.15, 0.2) is 11.8 Å². The highest BCUT2D eigenvalue weighted by molar-refractivity contribution is 5.95. The third kappa shape index (κ3) is 3.06. The maximum absolute atomic E-state index is 14.3. The van der Waals surface area contributed by atoms with E-state index in [1.54, 1.807) is 6.08 Å². The molecule has 0 spiro atoms. The van der Waals surface area contributed by atoms with Gasteiger partial charge in [0.05, 0.1) is 11.8 Å². The third-order valence-corrected chi connectivity index (χ3v) is 13.4. The van der Waals surface area contributed by atoms with E-state index in [-0.39, 0.29) is 41.8 Å². The first-order valence-corrected chi connectivity index (χ1v) is 14.9. The minimum atomic E-state index is -1.54. The fraction of sp³-hybridized carbons (Fsp3) is 0.806. The molecule has 0 radical (unpaired) electrons. The molecule has 5 saturated carbocycles. The van der Waals surface area contributed by atoms with Gasteiger partial charge >= 0.3 is 17.9 Å². The lowest BCUT2D eigenvalue weighted by atomic mass is 9.42. The Kier molecular flexibility index (Phi) is 5.30. The number of aliphatic hydroxyl groups is 2. The second-order valence-electron chi connectivity index (χ2n) is 14.9. The molecule has 0 aromatic carbocycles. The van der Waals surface area contributed by atoms with Crippen LogP contribution in [-0.4, -0.2) is 56.8 Å². The summed E-state index contributed by atoms with van der Waals surface area (Å²) < 4.78 is 11.4. The van der Waals surface area contributed by atoms with Crippen molar-refractivity contribution in [3.05, 3.63) is 11.8 Å². The van der Waals surface area contributed by atoms with Gasteiger partial charge in [-0.3, -0.25) is 14.4 Å². The fourth-order valence-corrected chi connectivity index (χ4v) is 11.5. The molecule has 12 unspecified atom stereocenters. The van der Waals surface area contributed by atoms with Gasteiger partial charge in [-0.1, -0.05) is 13.8 Å². The number of hydrogen-bond donors (Lipinski definition) is 3. The molecular weight excluding hydrogens is 516 g/mol. The van der Waals surface area contributed by atoms with E-state index in [2.05, 4.69) is 13.8 Å². The Balaban J connectivity index is 1.36. The summed E-state index contributed by atoms with van der Waals surface area (Å²) >= 11 is 0. The van der Waals surface area contributed by atoms with Gasteiger partial charge in [-0.15, -0.1) is 0 Å². The number of ether oxygens (including phenoxy) is 2. The van der Waals surface area contributed by atoms with Crippen molar-refractivity contribution < 1.29 is 44.0 Å². The highest BCUT2D eigenvalue weighted by Gasteiger charge is 2.76. The Hall–Kier alpha value is -2.26. The van der Waals surface area contributed by atoms with Crippen LogP contribution in [0.1, 0.15) is 72.6 Å². The van der Waals surface area contributed by atoms with E-state index in [0.717, 1.165) is 25.7 Å². The van der Waals surface area contributed by atoms with Gasteiger partial charge in [0.15, 0.2) is 12.2 Å². The molecule has 14 atom stereocenters. The topological polar surface area (TPSA) is 147 Å². The first-order chi connectivity index (χ1) is 18.7. The van der Waals surface area contributed by atoms with Crippen molar-refractivity contribution in [1.29, 1.82) is 0 Å². The summed E-state index contributed by atoms with van der Waals surface area (Å²) in [6.07, 6.45) is 3.44. The molecule has 0 aromatic heterocycles. The molecule has 7 aliphatic rings. The van der Waals surface area contributed by atoms with E-state index < -0.39 is 57.9 Å². The molecule has 3 N–H and O–H groups in total.